The molecule has 64 heavy (non-hydrogen) atoms. The van der Waals surface area contributed by atoms with Gasteiger partial charge in [0.2, 0.25) is 6.54 Å². The van der Waals surface area contributed by atoms with Crippen LogP contribution in [-0.4, -0.2) is 37.5 Å². The fourth-order valence-electron chi connectivity index (χ4n) is 7.31. The number of unbranched alkanes of at least 4 members (excludes halogenated alkanes) is 3. The van der Waals surface area contributed by atoms with Gasteiger partial charge in [0, 0.05) is 74.1 Å². The molecule has 6 aromatic rings. The van der Waals surface area contributed by atoms with Crippen molar-refractivity contribution >= 4 is 56.5 Å². The minimum absolute atomic E-state index is 0.137. The average molecular weight is 949 g/mol. The first-order valence-electron chi connectivity index (χ1n) is 20.9. The molecule has 0 unspecified atom stereocenters. The summed E-state index contributed by atoms with van der Waals surface area (Å²) in [5.74, 6) is -15.3. The number of nitrogens with zero attached hydrogens (tertiary/aromatic N) is 2. The molecule has 334 valence electrons. The molecule has 4 heterocycles. The highest BCUT2D eigenvalue weighted by molar-refractivity contribution is 7.24. The van der Waals surface area contributed by atoms with Crippen LogP contribution in [0.5, 0.6) is 11.5 Å². The van der Waals surface area contributed by atoms with Gasteiger partial charge < -0.3 is 14.3 Å². The van der Waals surface area contributed by atoms with Crippen LogP contribution < -0.4 is 9.47 Å². The molecule has 0 amide bonds. The van der Waals surface area contributed by atoms with Crippen molar-refractivity contribution in [3.05, 3.63) is 117 Å². The summed E-state index contributed by atoms with van der Waals surface area (Å²) in [7, 11) is 0. The predicted octanol–water partition coefficient (Wildman–Crippen LogP) is 17.0. The summed E-state index contributed by atoms with van der Waals surface area (Å²) in [4.78, 5) is 7.98. The van der Waals surface area contributed by atoms with Crippen molar-refractivity contribution in [3.63, 3.8) is 0 Å². The largest absolute Gasteiger partial charge is 0.494 e. The van der Waals surface area contributed by atoms with Crippen LogP contribution in [-0.2, 0) is 5.41 Å². The zero-order chi connectivity index (χ0) is 46.0. The number of hydrogen-bond acceptors (Lipinski definition) is 7. The van der Waals surface area contributed by atoms with E-state index in [9.17, 15) is 0 Å². The van der Waals surface area contributed by atoms with Gasteiger partial charge in [-0.05, 0) is 127 Å². The van der Waals surface area contributed by atoms with Crippen molar-refractivity contribution in [1.29, 1.82) is 5.26 Å². The lowest BCUT2D eigenvalue weighted by molar-refractivity contribution is -0.254. The van der Waals surface area contributed by atoms with Crippen molar-refractivity contribution < 1.29 is 35.8 Å². The lowest BCUT2D eigenvalue weighted by Gasteiger charge is -2.26. The van der Waals surface area contributed by atoms with Gasteiger partial charge in [-0.1, -0.05) is 34.6 Å². The molecule has 1 aliphatic carbocycles. The normalized spacial score (nSPS) is 15.4. The van der Waals surface area contributed by atoms with Crippen LogP contribution in [0.4, 0.5) is 26.3 Å². The summed E-state index contributed by atoms with van der Waals surface area (Å²) in [6.07, 6.45) is 2.99. The Morgan fingerprint density at radius 1 is 0.641 bits per heavy atom. The standard InChI is InChI=1S/C50H46F6N2O2S4/c1-30(2)37-20-21-38(61-37)40-28-35(45(63-40)31-12-16-33(17-13-31)59-26-10-7-8-24-57)43-44(49(53,54)50(55,56)48(43,51)52)36-29-41(39-22-23-42(62-39)47(3,4)5)64-46(36)32-14-18-34(19-15-32)60-27-11-9-25-58-6/h12-23,28-30H,7-11,25-27H2,1-5H3. The van der Waals surface area contributed by atoms with Gasteiger partial charge in [-0.25, -0.2) is 6.57 Å². The number of thiophene rings is 4. The molecule has 0 spiro atoms. The predicted molar refractivity (Wildman–Crippen MR) is 252 cm³/mol. The van der Waals surface area contributed by atoms with E-state index in [1.807, 2.05) is 58.9 Å². The smallest absolute Gasteiger partial charge is 0.380 e. The van der Waals surface area contributed by atoms with Gasteiger partial charge in [-0.3, -0.25) is 0 Å². The second kappa shape index (κ2) is 18.9. The highest BCUT2D eigenvalue weighted by Gasteiger charge is 2.80. The number of hydrogen-bond donors (Lipinski definition) is 0. The molecule has 0 N–H and O–H groups in total. The van der Waals surface area contributed by atoms with E-state index in [1.165, 1.54) is 34.8 Å². The molecule has 0 atom stereocenters. The van der Waals surface area contributed by atoms with Gasteiger partial charge in [-0.15, -0.1) is 45.3 Å². The Morgan fingerprint density at radius 3 is 1.56 bits per heavy atom. The number of alkyl halides is 6. The van der Waals surface area contributed by atoms with Crippen molar-refractivity contribution in [3.8, 4) is 58.0 Å². The molecule has 0 bridgehead atoms. The van der Waals surface area contributed by atoms with Crippen molar-refractivity contribution in [2.75, 3.05) is 19.8 Å². The van der Waals surface area contributed by atoms with Gasteiger partial charge in [0.1, 0.15) is 11.5 Å². The molecule has 0 radical (unpaired) electrons. The van der Waals surface area contributed by atoms with E-state index in [0.29, 0.717) is 94.0 Å². The number of ether oxygens (including phenoxy) is 2. The Hall–Kier alpha value is -4.86. The van der Waals surface area contributed by atoms with Gasteiger partial charge in [0.05, 0.1) is 19.3 Å². The molecule has 1 aliphatic rings. The van der Waals surface area contributed by atoms with E-state index in [2.05, 4.69) is 10.9 Å². The van der Waals surface area contributed by atoms with Crippen molar-refractivity contribution in [2.45, 2.75) is 95.8 Å². The zero-order valence-corrected chi connectivity index (χ0v) is 39.2. The van der Waals surface area contributed by atoms with Crippen LogP contribution in [0.2, 0.25) is 0 Å². The van der Waals surface area contributed by atoms with Crippen LogP contribution in [0.3, 0.4) is 0 Å². The topological polar surface area (TPSA) is 46.6 Å². The maximum atomic E-state index is 16.9. The Morgan fingerprint density at radius 2 is 1.12 bits per heavy atom. The summed E-state index contributed by atoms with van der Waals surface area (Å²) in [6, 6.07) is 25.4. The third-order valence-corrected chi connectivity index (χ3v) is 16.5. The number of allylic oxidation sites excluding steroid dienone is 2. The van der Waals surface area contributed by atoms with Gasteiger partial charge >= 0.3 is 17.8 Å². The van der Waals surface area contributed by atoms with Crippen LogP contribution in [0.25, 0.3) is 56.4 Å². The van der Waals surface area contributed by atoms with E-state index >= 15 is 26.3 Å². The third-order valence-electron chi connectivity index (χ3n) is 10.8. The Labute approximate surface area is 386 Å². The molecule has 0 saturated carbocycles. The number of benzene rings is 2. The minimum Gasteiger partial charge on any atom is -0.494 e. The Balaban J connectivity index is 1.44. The number of rotatable bonds is 17. The molecular formula is C50H46F6N2O2S4. The van der Waals surface area contributed by atoms with Crippen LogP contribution in [0, 0.1) is 17.9 Å². The average Bonchev–Trinajstić information content (AvgIpc) is 4.10. The molecule has 2 aromatic carbocycles. The second-order valence-corrected chi connectivity index (χ2v) is 21.2. The summed E-state index contributed by atoms with van der Waals surface area (Å²) < 4.78 is 112. The van der Waals surface area contributed by atoms with E-state index in [4.69, 9.17) is 21.3 Å². The lowest BCUT2D eigenvalue weighted by Crippen LogP contribution is -2.48. The fraction of sp³-hybridized carbons (Fsp3) is 0.360. The summed E-state index contributed by atoms with van der Waals surface area (Å²) in [5.41, 5.74) is -3.12. The molecular weight excluding hydrogens is 903 g/mol. The monoisotopic (exact) mass is 948 g/mol. The lowest BCUT2D eigenvalue weighted by atomic mass is 9.92. The van der Waals surface area contributed by atoms with Crippen molar-refractivity contribution in [2.24, 2.45) is 0 Å². The maximum absolute atomic E-state index is 16.9. The van der Waals surface area contributed by atoms with Crippen LogP contribution in [0.1, 0.15) is 93.5 Å². The second-order valence-electron chi connectivity index (χ2n) is 16.9. The first kappa shape index (κ1) is 47.1. The molecule has 0 aliphatic heterocycles. The Bertz CT molecular complexity index is 2700. The summed E-state index contributed by atoms with van der Waals surface area (Å²) >= 11 is 5.04. The van der Waals surface area contributed by atoms with Crippen molar-refractivity contribution in [1.82, 2.24) is 0 Å². The van der Waals surface area contributed by atoms with E-state index in [0.717, 1.165) is 32.4 Å². The van der Waals surface area contributed by atoms with Gasteiger partial charge in [-0.2, -0.15) is 31.6 Å². The van der Waals surface area contributed by atoms with E-state index in [1.54, 1.807) is 48.5 Å². The van der Waals surface area contributed by atoms with Crippen LogP contribution >= 0.6 is 45.3 Å². The highest BCUT2D eigenvalue weighted by Crippen LogP contribution is 2.67. The molecule has 7 rings (SSSR count). The highest BCUT2D eigenvalue weighted by atomic mass is 32.1. The first-order chi connectivity index (χ1) is 30.4. The quantitative estimate of drug-likeness (QED) is 0.0520. The SMILES string of the molecule is [C-]#[N+]CCCCOc1ccc(-c2sc(-c3ccc(C(C)(C)C)s3)cc2C2=C(c3cc(-c4ccc(C(C)C)s4)sc3-c3ccc(OCCCCC#N)cc3)C(F)(F)C(F)(F)C2(F)F)cc1. The van der Waals surface area contributed by atoms with Crippen LogP contribution in [0.15, 0.2) is 84.9 Å². The summed E-state index contributed by atoms with van der Waals surface area (Å²) in [6.45, 7) is 18.2. The third kappa shape index (κ3) is 9.30. The Kier molecular flexibility index (Phi) is 13.9. The zero-order valence-electron chi connectivity index (χ0n) is 35.9. The summed E-state index contributed by atoms with van der Waals surface area (Å²) in [5, 5.41) is 8.85. The fourth-order valence-corrected chi connectivity index (χ4v) is 11.9. The first-order valence-corrected chi connectivity index (χ1v) is 24.2. The van der Waals surface area contributed by atoms with E-state index < -0.39 is 40.0 Å². The molecule has 14 heteroatoms. The number of nitriles is 1. The minimum atomic E-state index is -5.78. The molecule has 0 saturated heterocycles. The molecule has 0 fully saturated rings. The molecule has 4 aromatic heterocycles. The van der Waals surface area contributed by atoms with Gasteiger partial charge in [0.25, 0.3) is 0 Å². The van der Waals surface area contributed by atoms with E-state index in [-0.39, 0.29) is 21.1 Å². The number of halogens is 6. The molecule has 4 nitrogen and oxygen atoms in total. The maximum Gasteiger partial charge on any atom is 0.380 e. The van der Waals surface area contributed by atoms with Gasteiger partial charge in [0.15, 0.2) is 0 Å².